The quantitative estimate of drug-likeness (QED) is 0.774. The van der Waals surface area contributed by atoms with E-state index in [0.29, 0.717) is 17.1 Å². The Morgan fingerprint density at radius 2 is 2.14 bits per heavy atom. The Labute approximate surface area is 127 Å². The number of ether oxygens (including phenoxy) is 1. The highest BCUT2D eigenvalue weighted by molar-refractivity contribution is 6.04. The fraction of sp³-hybridized carbons (Fsp3) is 0.125. The molecule has 0 spiro atoms. The number of aryl methyl sites for hydroxylation is 1. The normalized spacial score (nSPS) is 10.5. The van der Waals surface area contributed by atoms with Crippen molar-refractivity contribution in [3.8, 4) is 17.0 Å². The number of amides is 1. The second-order valence-electron chi connectivity index (χ2n) is 4.71. The number of aromatic amines is 1. The Morgan fingerprint density at radius 3 is 2.86 bits per heavy atom. The van der Waals surface area contributed by atoms with Gasteiger partial charge in [-0.2, -0.15) is 5.10 Å². The lowest BCUT2D eigenvalue weighted by atomic mass is 10.1. The Hall–Kier alpha value is -3.02. The highest BCUT2D eigenvalue weighted by Gasteiger charge is 2.14. The average molecular weight is 297 g/mol. The molecule has 6 heteroatoms. The number of furan rings is 1. The molecule has 6 nitrogen and oxygen atoms in total. The largest absolute Gasteiger partial charge is 0.496 e. The Balaban J connectivity index is 1.82. The van der Waals surface area contributed by atoms with Gasteiger partial charge in [-0.3, -0.25) is 9.89 Å². The maximum absolute atomic E-state index is 12.1. The monoisotopic (exact) mass is 297 g/mol. The lowest BCUT2D eigenvalue weighted by Crippen LogP contribution is -2.12. The molecule has 0 saturated carbocycles. The maximum atomic E-state index is 12.1. The van der Waals surface area contributed by atoms with Crippen molar-refractivity contribution in [2.24, 2.45) is 0 Å². The highest BCUT2D eigenvalue weighted by Crippen LogP contribution is 2.29. The first-order valence-electron chi connectivity index (χ1n) is 6.73. The van der Waals surface area contributed by atoms with Crippen LogP contribution in [0.4, 0.5) is 5.82 Å². The zero-order valence-corrected chi connectivity index (χ0v) is 12.2. The summed E-state index contributed by atoms with van der Waals surface area (Å²) in [5.41, 5.74) is 2.12. The fourth-order valence-electron chi connectivity index (χ4n) is 2.20. The van der Waals surface area contributed by atoms with Gasteiger partial charge in [-0.25, -0.2) is 0 Å². The van der Waals surface area contributed by atoms with Gasteiger partial charge in [0, 0.05) is 11.6 Å². The predicted octanol–water partition coefficient (Wildman–Crippen LogP) is 3.24. The van der Waals surface area contributed by atoms with Gasteiger partial charge in [0.1, 0.15) is 11.5 Å². The molecule has 0 aliphatic carbocycles. The smallest absolute Gasteiger partial charge is 0.260 e. The van der Waals surface area contributed by atoms with Crippen LogP contribution in [0.2, 0.25) is 0 Å². The third kappa shape index (κ3) is 2.58. The summed E-state index contributed by atoms with van der Waals surface area (Å²) < 4.78 is 10.4. The van der Waals surface area contributed by atoms with Gasteiger partial charge in [0.15, 0.2) is 5.82 Å². The van der Waals surface area contributed by atoms with Gasteiger partial charge in [-0.1, -0.05) is 12.1 Å². The molecule has 0 radical (unpaired) electrons. The molecule has 2 heterocycles. The molecule has 0 unspecified atom stereocenters. The third-order valence-corrected chi connectivity index (χ3v) is 3.32. The summed E-state index contributed by atoms with van der Waals surface area (Å²) in [5.74, 6) is 1.48. The lowest BCUT2D eigenvalue weighted by Gasteiger charge is -2.05. The Bertz CT molecular complexity index is 804. The number of rotatable bonds is 4. The van der Waals surface area contributed by atoms with Crippen molar-refractivity contribution < 1.29 is 13.9 Å². The first kappa shape index (κ1) is 13.9. The molecule has 0 bridgehead atoms. The zero-order chi connectivity index (χ0) is 15.5. The minimum absolute atomic E-state index is 0.260. The SMILES string of the molecule is COc1ccccc1-c1cc(NC(=O)c2ccoc2C)n[nH]1. The second-order valence-corrected chi connectivity index (χ2v) is 4.71. The van der Waals surface area contributed by atoms with Crippen molar-refractivity contribution in [2.75, 3.05) is 12.4 Å². The molecule has 0 atom stereocenters. The van der Waals surface area contributed by atoms with Gasteiger partial charge in [-0.05, 0) is 25.1 Å². The number of benzene rings is 1. The summed E-state index contributed by atoms with van der Waals surface area (Å²) >= 11 is 0. The van der Waals surface area contributed by atoms with E-state index in [9.17, 15) is 4.79 Å². The van der Waals surface area contributed by atoms with E-state index in [0.717, 1.165) is 17.0 Å². The summed E-state index contributed by atoms with van der Waals surface area (Å²) in [4.78, 5) is 12.1. The van der Waals surface area contributed by atoms with Crippen LogP contribution in [-0.2, 0) is 0 Å². The lowest BCUT2D eigenvalue weighted by molar-refractivity contribution is 0.102. The van der Waals surface area contributed by atoms with Crippen molar-refractivity contribution in [2.45, 2.75) is 6.92 Å². The molecule has 2 N–H and O–H groups in total. The first-order chi connectivity index (χ1) is 10.7. The topological polar surface area (TPSA) is 80.2 Å². The predicted molar refractivity (Wildman–Crippen MR) is 82.0 cm³/mol. The number of carbonyl (C=O) groups excluding carboxylic acids is 1. The van der Waals surface area contributed by atoms with E-state index in [4.69, 9.17) is 9.15 Å². The number of aromatic nitrogens is 2. The van der Waals surface area contributed by atoms with Crippen molar-refractivity contribution in [3.05, 3.63) is 54.0 Å². The number of hydrogen-bond acceptors (Lipinski definition) is 4. The molecule has 22 heavy (non-hydrogen) atoms. The standard InChI is InChI=1S/C16H15N3O3/c1-10-11(7-8-22-10)16(20)17-15-9-13(18-19-15)12-5-3-4-6-14(12)21-2/h3-9H,1-2H3,(H2,17,18,19,20). The number of hydrogen-bond donors (Lipinski definition) is 2. The summed E-state index contributed by atoms with van der Waals surface area (Å²) in [6.07, 6.45) is 1.48. The van der Waals surface area contributed by atoms with Gasteiger partial charge in [0.25, 0.3) is 5.91 Å². The van der Waals surface area contributed by atoms with Crippen LogP contribution < -0.4 is 10.1 Å². The molecule has 1 aromatic carbocycles. The highest BCUT2D eigenvalue weighted by atomic mass is 16.5. The van der Waals surface area contributed by atoms with E-state index in [1.807, 2.05) is 24.3 Å². The number of H-pyrrole nitrogens is 1. The van der Waals surface area contributed by atoms with Crippen LogP contribution in [0.3, 0.4) is 0 Å². The van der Waals surface area contributed by atoms with Crippen LogP contribution in [0.1, 0.15) is 16.1 Å². The van der Waals surface area contributed by atoms with Crippen LogP contribution in [0.15, 0.2) is 47.1 Å². The fourth-order valence-corrected chi connectivity index (χ4v) is 2.20. The van der Waals surface area contributed by atoms with Crippen LogP contribution in [0.5, 0.6) is 5.75 Å². The van der Waals surface area contributed by atoms with Crippen LogP contribution in [-0.4, -0.2) is 23.2 Å². The Morgan fingerprint density at radius 1 is 1.32 bits per heavy atom. The number of nitrogens with zero attached hydrogens (tertiary/aromatic N) is 1. The minimum atomic E-state index is -0.260. The molecule has 0 fully saturated rings. The summed E-state index contributed by atoms with van der Waals surface area (Å²) in [7, 11) is 1.61. The van der Waals surface area contributed by atoms with Crippen LogP contribution in [0, 0.1) is 6.92 Å². The van der Waals surface area contributed by atoms with E-state index >= 15 is 0 Å². The summed E-state index contributed by atoms with van der Waals surface area (Å²) in [6, 6.07) is 11.0. The van der Waals surface area contributed by atoms with E-state index in [1.165, 1.54) is 6.26 Å². The van der Waals surface area contributed by atoms with Crippen LogP contribution in [0.25, 0.3) is 11.3 Å². The number of anilines is 1. The van der Waals surface area contributed by atoms with E-state index in [2.05, 4.69) is 15.5 Å². The molecule has 2 aromatic heterocycles. The molecule has 3 aromatic rings. The number of methoxy groups -OCH3 is 1. The average Bonchev–Trinajstić information content (AvgIpc) is 3.16. The number of carbonyl (C=O) groups is 1. The number of nitrogens with one attached hydrogen (secondary N) is 2. The number of para-hydroxylation sites is 1. The van der Waals surface area contributed by atoms with E-state index in [1.54, 1.807) is 26.2 Å². The van der Waals surface area contributed by atoms with Crippen molar-refractivity contribution >= 4 is 11.7 Å². The third-order valence-electron chi connectivity index (χ3n) is 3.32. The zero-order valence-electron chi connectivity index (χ0n) is 12.2. The van der Waals surface area contributed by atoms with Gasteiger partial charge >= 0.3 is 0 Å². The molecule has 3 rings (SSSR count). The molecular weight excluding hydrogens is 282 g/mol. The van der Waals surface area contributed by atoms with Crippen molar-refractivity contribution in [3.63, 3.8) is 0 Å². The maximum Gasteiger partial charge on any atom is 0.260 e. The molecule has 1 amide bonds. The molecule has 0 saturated heterocycles. The van der Waals surface area contributed by atoms with Crippen molar-refractivity contribution in [1.29, 1.82) is 0 Å². The van der Waals surface area contributed by atoms with E-state index in [-0.39, 0.29) is 5.91 Å². The van der Waals surface area contributed by atoms with E-state index < -0.39 is 0 Å². The first-order valence-corrected chi connectivity index (χ1v) is 6.73. The molecule has 0 aliphatic rings. The van der Waals surface area contributed by atoms with Crippen LogP contribution >= 0.6 is 0 Å². The Kier molecular flexibility index (Phi) is 3.65. The summed E-state index contributed by atoms with van der Waals surface area (Å²) in [5, 5.41) is 9.73. The summed E-state index contributed by atoms with van der Waals surface area (Å²) in [6.45, 7) is 1.74. The second kappa shape index (κ2) is 5.77. The van der Waals surface area contributed by atoms with Gasteiger partial charge in [0.05, 0.1) is 24.6 Å². The van der Waals surface area contributed by atoms with Gasteiger partial charge in [0.2, 0.25) is 0 Å². The minimum Gasteiger partial charge on any atom is -0.496 e. The van der Waals surface area contributed by atoms with Gasteiger partial charge < -0.3 is 14.5 Å². The van der Waals surface area contributed by atoms with Gasteiger partial charge in [-0.15, -0.1) is 0 Å². The molecule has 112 valence electrons. The molecular formula is C16H15N3O3. The molecule has 0 aliphatic heterocycles. The van der Waals surface area contributed by atoms with Crippen molar-refractivity contribution in [1.82, 2.24) is 10.2 Å².